The van der Waals surface area contributed by atoms with Crippen molar-refractivity contribution in [2.45, 2.75) is 72.8 Å². The van der Waals surface area contributed by atoms with Crippen LogP contribution in [0.1, 0.15) is 63.0 Å². The second-order valence-corrected chi connectivity index (χ2v) is 11.0. The molecular weight excluding hydrogens is 420 g/mol. The number of anilines is 1. The smallest absolute Gasteiger partial charge is 0.279 e. The highest BCUT2D eigenvalue weighted by molar-refractivity contribution is 7.18. The van der Waals surface area contributed by atoms with Gasteiger partial charge >= 0.3 is 0 Å². The predicted molar refractivity (Wildman–Crippen MR) is 130 cm³/mol. The van der Waals surface area contributed by atoms with Gasteiger partial charge in [0.15, 0.2) is 4.83 Å². The Labute approximate surface area is 193 Å². The number of nitrogens with zero attached hydrogens (tertiary/aromatic N) is 3. The summed E-state index contributed by atoms with van der Waals surface area (Å²) < 4.78 is 1.19. The highest BCUT2D eigenvalue weighted by Gasteiger charge is 2.32. The molecular formula is C25H32N4O2S. The molecule has 0 saturated heterocycles. The van der Waals surface area contributed by atoms with Crippen molar-refractivity contribution < 1.29 is 4.79 Å². The van der Waals surface area contributed by atoms with Gasteiger partial charge in [0, 0.05) is 10.6 Å². The van der Waals surface area contributed by atoms with Crippen LogP contribution in [0.4, 0.5) is 5.69 Å². The molecule has 1 amide bonds. The monoisotopic (exact) mass is 452 g/mol. The van der Waals surface area contributed by atoms with Gasteiger partial charge < -0.3 is 5.32 Å². The molecule has 1 atom stereocenters. The second-order valence-electron chi connectivity index (χ2n) is 9.89. The van der Waals surface area contributed by atoms with Crippen molar-refractivity contribution in [3.8, 4) is 0 Å². The summed E-state index contributed by atoms with van der Waals surface area (Å²) in [5, 5.41) is 11.9. The first-order valence-electron chi connectivity index (χ1n) is 11.5. The number of aryl methyl sites for hydroxylation is 2. The van der Waals surface area contributed by atoms with Gasteiger partial charge in [-0.2, -0.15) is 0 Å². The Morgan fingerprint density at radius 3 is 2.69 bits per heavy atom. The van der Waals surface area contributed by atoms with E-state index in [0.717, 1.165) is 49.8 Å². The largest absolute Gasteiger partial charge is 0.324 e. The van der Waals surface area contributed by atoms with Crippen LogP contribution in [0.25, 0.3) is 10.2 Å². The Balaban J connectivity index is 1.50. The Kier molecular flexibility index (Phi) is 6.47. The van der Waals surface area contributed by atoms with Crippen molar-refractivity contribution in [2.75, 3.05) is 5.32 Å². The van der Waals surface area contributed by atoms with Crippen molar-refractivity contribution in [3.63, 3.8) is 0 Å². The molecule has 32 heavy (non-hydrogen) atoms. The minimum atomic E-state index is -0.279. The molecule has 1 aromatic carbocycles. The number of aromatic nitrogens is 3. The number of nitrogens with one attached hydrogen (secondary N) is 1. The topological polar surface area (TPSA) is 76.9 Å². The highest BCUT2D eigenvalue weighted by atomic mass is 32.1. The lowest BCUT2D eigenvalue weighted by Crippen LogP contribution is -2.31. The summed E-state index contributed by atoms with van der Waals surface area (Å²) in [7, 11) is 0. The summed E-state index contributed by atoms with van der Waals surface area (Å²) in [6.45, 7) is 8.86. The fraction of sp³-hybridized carbons (Fsp3) is 0.520. The number of hydrogen-bond donors (Lipinski definition) is 1. The van der Waals surface area contributed by atoms with Crippen LogP contribution in [0.5, 0.6) is 0 Å². The maximum Gasteiger partial charge on any atom is 0.279 e. The van der Waals surface area contributed by atoms with E-state index in [1.807, 2.05) is 24.3 Å². The molecule has 2 heterocycles. The van der Waals surface area contributed by atoms with Crippen LogP contribution in [-0.2, 0) is 30.6 Å². The lowest BCUT2D eigenvalue weighted by atomic mass is 9.72. The molecule has 0 unspecified atom stereocenters. The molecule has 170 valence electrons. The molecule has 1 aliphatic carbocycles. The molecule has 4 rings (SSSR count). The van der Waals surface area contributed by atoms with Gasteiger partial charge in [0.2, 0.25) is 5.91 Å². The molecule has 0 saturated carbocycles. The van der Waals surface area contributed by atoms with Gasteiger partial charge in [-0.1, -0.05) is 51.5 Å². The zero-order chi connectivity index (χ0) is 22.9. The van der Waals surface area contributed by atoms with Crippen molar-refractivity contribution >= 4 is 33.1 Å². The maximum atomic E-state index is 13.2. The van der Waals surface area contributed by atoms with Crippen molar-refractivity contribution in [1.82, 2.24) is 15.0 Å². The Bertz CT molecular complexity index is 1170. The number of fused-ring (bicyclic) bond motifs is 3. The quantitative estimate of drug-likeness (QED) is 0.572. The maximum absolute atomic E-state index is 13.2. The second kappa shape index (κ2) is 9.14. The molecule has 6 nitrogen and oxygen atoms in total. The van der Waals surface area contributed by atoms with Crippen LogP contribution in [-0.4, -0.2) is 20.9 Å². The van der Waals surface area contributed by atoms with Crippen molar-refractivity contribution in [3.05, 3.63) is 50.6 Å². The van der Waals surface area contributed by atoms with E-state index in [1.54, 1.807) is 11.3 Å². The first kappa shape index (κ1) is 22.6. The van der Waals surface area contributed by atoms with Crippen LogP contribution < -0.4 is 10.9 Å². The normalized spacial score (nSPS) is 16.2. The molecule has 0 radical (unpaired) electrons. The minimum absolute atomic E-state index is 0.144. The van der Waals surface area contributed by atoms with Crippen LogP contribution >= 0.6 is 11.3 Å². The fourth-order valence-corrected chi connectivity index (χ4v) is 5.68. The average molecular weight is 453 g/mol. The number of rotatable bonds is 6. The van der Waals surface area contributed by atoms with Gasteiger partial charge in [0.05, 0.1) is 5.39 Å². The summed E-state index contributed by atoms with van der Waals surface area (Å²) in [6.07, 6.45) is 6.28. The van der Waals surface area contributed by atoms with E-state index in [4.69, 9.17) is 0 Å². The Morgan fingerprint density at radius 1 is 1.25 bits per heavy atom. The zero-order valence-corrected chi connectivity index (χ0v) is 20.2. The first-order valence-corrected chi connectivity index (χ1v) is 12.3. The molecule has 0 bridgehead atoms. The first-order chi connectivity index (χ1) is 15.3. The third kappa shape index (κ3) is 4.77. The van der Waals surface area contributed by atoms with Crippen molar-refractivity contribution in [2.24, 2.45) is 11.3 Å². The van der Waals surface area contributed by atoms with E-state index in [9.17, 15) is 9.59 Å². The number of carbonyl (C=O) groups is 1. The third-order valence-electron chi connectivity index (χ3n) is 6.51. The molecule has 3 aromatic rings. The Morgan fingerprint density at radius 2 is 2.00 bits per heavy atom. The molecule has 1 N–H and O–H groups in total. The van der Waals surface area contributed by atoms with Gasteiger partial charge in [-0.05, 0) is 66.7 Å². The van der Waals surface area contributed by atoms with E-state index in [0.29, 0.717) is 16.1 Å². The summed E-state index contributed by atoms with van der Waals surface area (Å²) in [4.78, 5) is 27.7. The summed E-state index contributed by atoms with van der Waals surface area (Å²) >= 11 is 1.58. The fourth-order valence-electron chi connectivity index (χ4n) is 4.44. The molecule has 0 spiro atoms. The predicted octanol–water partition coefficient (Wildman–Crippen LogP) is 4.99. The number of thiophene rings is 1. The number of carbonyl (C=O) groups excluding carboxylic acids is 1. The lowest BCUT2D eigenvalue weighted by Gasteiger charge is -2.33. The van der Waals surface area contributed by atoms with E-state index >= 15 is 0 Å². The molecule has 1 aliphatic rings. The third-order valence-corrected chi connectivity index (χ3v) is 7.65. The van der Waals surface area contributed by atoms with Crippen LogP contribution in [0.3, 0.4) is 0 Å². The van der Waals surface area contributed by atoms with Gasteiger partial charge in [0.1, 0.15) is 6.54 Å². The molecule has 0 fully saturated rings. The average Bonchev–Trinajstić information content (AvgIpc) is 3.13. The molecule has 7 heteroatoms. The summed E-state index contributed by atoms with van der Waals surface area (Å²) in [6, 6.07) is 7.88. The van der Waals surface area contributed by atoms with E-state index in [1.165, 1.54) is 15.1 Å². The van der Waals surface area contributed by atoms with Gasteiger partial charge in [-0.25, -0.2) is 4.68 Å². The van der Waals surface area contributed by atoms with E-state index in [2.05, 4.69) is 43.3 Å². The highest BCUT2D eigenvalue weighted by Crippen LogP contribution is 2.41. The molecule has 0 aliphatic heterocycles. The summed E-state index contributed by atoms with van der Waals surface area (Å²) in [5.41, 5.74) is 3.12. The van der Waals surface area contributed by atoms with Gasteiger partial charge in [-0.3, -0.25) is 9.59 Å². The van der Waals surface area contributed by atoms with Gasteiger partial charge in [-0.15, -0.1) is 16.4 Å². The summed E-state index contributed by atoms with van der Waals surface area (Å²) in [5.74, 6) is 0.316. The van der Waals surface area contributed by atoms with Crippen LogP contribution in [0.2, 0.25) is 0 Å². The lowest BCUT2D eigenvalue weighted by molar-refractivity contribution is -0.117. The Hall–Kier alpha value is -2.54. The number of amides is 1. The van der Waals surface area contributed by atoms with Crippen LogP contribution in [0, 0.1) is 11.3 Å². The van der Waals surface area contributed by atoms with Crippen LogP contribution in [0.15, 0.2) is 29.1 Å². The van der Waals surface area contributed by atoms with E-state index < -0.39 is 0 Å². The molecule has 2 aromatic heterocycles. The standard InChI is InChI=1S/C25H32N4O2S/c1-5-6-7-16-8-11-18(12-9-16)26-21(30)15-29-24(31)22-19-13-10-17(25(2,3)4)14-20(19)32-23(22)27-28-29/h8-9,11-12,17H,5-7,10,13-15H2,1-4H3,(H,26,30)/t17-/m1/s1. The minimum Gasteiger partial charge on any atom is -0.324 e. The zero-order valence-electron chi connectivity index (χ0n) is 19.4. The van der Waals surface area contributed by atoms with Gasteiger partial charge in [0.25, 0.3) is 5.56 Å². The van der Waals surface area contributed by atoms with Crippen molar-refractivity contribution in [1.29, 1.82) is 0 Å². The number of hydrogen-bond acceptors (Lipinski definition) is 5. The SMILES string of the molecule is CCCCc1ccc(NC(=O)Cn2nnc3sc4c(c3c2=O)CC[C@@H](C(C)(C)C)C4)cc1. The number of unbranched alkanes of at least 4 members (excludes halogenated alkanes) is 1. The number of benzene rings is 1. The van der Waals surface area contributed by atoms with E-state index in [-0.39, 0.29) is 23.4 Å².